The van der Waals surface area contributed by atoms with Gasteiger partial charge >= 0.3 is 0 Å². The number of nitrogens with zero attached hydrogens (tertiary/aromatic N) is 1. The lowest BCUT2D eigenvalue weighted by Crippen LogP contribution is -2.37. The molecule has 9 heteroatoms. The van der Waals surface area contributed by atoms with Crippen molar-refractivity contribution in [1.29, 1.82) is 0 Å². The van der Waals surface area contributed by atoms with Gasteiger partial charge in [-0.25, -0.2) is 13.1 Å². The second kappa shape index (κ2) is 10.5. The number of hydrogen-bond donors (Lipinski definition) is 2. The minimum Gasteiger partial charge on any atom is -0.336 e. The van der Waals surface area contributed by atoms with Crippen LogP contribution >= 0.6 is 11.6 Å². The summed E-state index contributed by atoms with van der Waals surface area (Å²) in [5.41, 5.74) is 4.83. The number of sulfonamides is 1. The van der Waals surface area contributed by atoms with Gasteiger partial charge in [-0.2, -0.15) is 0 Å². The Morgan fingerprint density at radius 3 is 2.03 bits per heavy atom. The highest BCUT2D eigenvalue weighted by Crippen LogP contribution is 2.29. The summed E-state index contributed by atoms with van der Waals surface area (Å²) < 4.78 is 28.4. The molecule has 2 amide bonds. The van der Waals surface area contributed by atoms with Crippen LogP contribution < -0.4 is 10.0 Å². The Hall–Kier alpha value is -2.42. The van der Waals surface area contributed by atoms with Crippen molar-refractivity contribution in [2.45, 2.75) is 45.9 Å². The van der Waals surface area contributed by atoms with E-state index in [1.54, 1.807) is 38.1 Å². The summed E-state index contributed by atoms with van der Waals surface area (Å²) >= 11 is 6.02. The molecule has 0 aliphatic heterocycles. The van der Waals surface area contributed by atoms with Gasteiger partial charge in [0.05, 0.1) is 22.2 Å². The van der Waals surface area contributed by atoms with Gasteiger partial charge in [-0.05, 0) is 74.6 Å². The van der Waals surface area contributed by atoms with Gasteiger partial charge in [0.1, 0.15) is 0 Å². The molecule has 174 valence electrons. The molecule has 0 unspecified atom stereocenters. The van der Waals surface area contributed by atoms with Crippen LogP contribution in [0, 0.1) is 34.6 Å². The SMILES string of the molecule is Cc1c(C)c(C)c(S(=O)(=O)NCCC(=O)N(C)CC(=O)Nc2ccccc2Cl)c(C)c1C. The van der Waals surface area contributed by atoms with E-state index in [1.807, 2.05) is 20.8 Å². The monoisotopic (exact) mass is 479 g/mol. The number of carbonyl (C=O) groups is 2. The Kier molecular flexibility index (Phi) is 8.45. The molecule has 32 heavy (non-hydrogen) atoms. The lowest BCUT2D eigenvalue weighted by Gasteiger charge is -2.20. The lowest BCUT2D eigenvalue weighted by molar-refractivity contribution is -0.133. The highest BCUT2D eigenvalue weighted by molar-refractivity contribution is 7.89. The van der Waals surface area contributed by atoms with Crippen molar-refractivity contribution in [3.63, 3.8) is 0 Å². The molecule has 0 saturated heterocycles. The Morgan fingerprint density at radius 2 is 1.47 bits per heavy atom. The molecular weight excluding hydrogens is 450 g/mol. The van der Waals surface area contributed by atoms with Crippen LogP contribution in [0.25, 0.3) is 0 Å². The standard InChI is InChI=1S/C23H30ClN3O4S/c1-14-15(2)17(4)23(18(5)16(14)3)32(30,31)25-12-11-22(29)27(6)13-21(28)26-20-10-8-7-9-19(20)24/h7-10,25H,11-13H2,1-6H3,(H,26,28). The summed E-state index contributed by atoms with van der Waals surface area (Å²) in [5.74, 6) is -0.752. The molecule has 0 saturated carbocycles. The molecule has 0 radical (unpaired) electrons. The van der Waals surface area contributed by atoms with Gasteiger partial charge in [-0.15, -0.1) is 0 Å². The topological polar surface area (TPSA) is 95.6 Å². The molecule has 0 spiro atoms. The molecule has 2 N–H and O–H groups in total. The summed E-state index contributed by atoms with van der Waals surface area (Å²) in [6.45, 7) is 9.13. The van der Waals surface area contributed by atoms with Crippen LogP contribution in [-0.2, 0) is 19.6 Å². The highest BCUT2D eigenvalue weighted by atomic mass is 35.5. The Morgan fingerprint density at radius 1 is 0.938 bits per heavy atom. The quantitative estimate of drug-likeness (QED) is 0.604. The first-order valence-electron chi connectivity index (χ1n) is 10.2. The summed E-state index contributed by atoms with van der Waals surface area (Å²) in [4.78, 5) is 26.1. The smallest absolute Gasteiger partial charge is 0.244 e. The zero-order valence-electron chi connectivity index (χ0n) is 19.3. The minimum atomic E-state index is -3.79. The van der Waals surface area contributed by atoms with E-state index in [0.717, 1.165) is 16.7 Å². The van der Waals surface area contributed by atoms with Crippen molar-refractivity contribution in [3.05, 3.63) is 57.1 Å². The summed E-state index contributed by atoms with van der Waals surface area (Å²) in [5, 5.41) is 3.05. The van der Waals surface area contributed by atoms with Crippen molar-refractivity contribution in [3.8, 4) is 0 Å². The fraction of sp³-hybridized carbons (Fsp3) is 0.391. The van der Waals surface area contributed by atoms with Crippen molar-refractivity contribution in [1.82, 2.24) is 9.62 Å². The molecule has 0 aliphatic carbocycles. The number of likely N-dealkylation sites (N-methyl/N-ethyl adjacent to an activating group) is 1. The van der Waals surface area contributed by atoms with Crippen LogP contribution in [0.3, 0.4) is 0 Å². The second-order valence-corrected chi connectivity index (χ2v) is 9.99. The van der Waals surface area contributed by atoms with Crippen LogP contribution in [0.1, 0.15) is 34.2 Å². The molecule has 0 fully saturated rings. The van der Waals surface area contributed by atoms with Gasteiger partial charge in [-0.3, -0.25) is 9.59 Å². The third-order valence-corrected chi connectivity index (χ3v) is 7.85. The van der Waals surface area contributed by atoms with E-state index in [2.05, 4.69) is 10.0 Å². The largest absolute Gasteiger partial charge is 0.336 e. The highest BCUT2D eigenvalue weighted by Gasteiger charge is 2.24. The van der Waals surface area contributed by atoms with Crippen LogP contribution in [0.15, 0.2) is 29.2 Å². The van der Waals surface area contributed by atoms with Crippen LogP contribution in [0.4, 0.5) is 5.69 Å². The molecule has 0 aliphatic rings. The van der Waals surface area contributed by atoms with Crippen molar-refractivity contribution < 1.29 is 18.0 Å². The first-order chi connectivity index (χ1) is 14.9. The molecule has 2 aromatic rings. The van der Waals surface area contributed by atoms with Crippen molar-refractivity contribution in [2.24, 2.45) is 0 Å². The number of nitrogens with one attached hydrogen (secondary N) is 2. The fourth-order valence-electron chi connectivity index (χ4n) is 3.48. The van der Waals surface area contributed by atoms with E-state index in [-0.39, 0.29) is 30.3 Å². The summed E-state index contributed by atoms with van der Waals surface area (Å²) in [6.07, 6.45) is -0.0724. The summed E-state index contributed by atoms with van der Waals surface area (Å²) in [7, 11) is -2.30. The molecule has 0 heterocycles. The van der Waals surface area contributed by atoms with Crippen molar-refractivity contribution in [2.75, 3.05) is 25.5 Å². The molecule has 7 nitrogen and oxygen atoms in total. The first-order valence-corrected chi connectivity index (χ1v) is 12.1. The van der Waals surface area contributed by atoms with E-state index >= 15 is 0 Å². The predicted molar refractivity (Wildman–Crippen MR) is 128 cm³/mol. The third-order valence-electron chi connectivity index (χ3n) is 5.79. The van der Waals surface area contributed by atoms with Gasteiger partial charge in [0.15, 0.2) is 0 Å². The number of rotatable bonds is 8. The van der Waals surface area contributed by atoms with E-state index in [4.69, 9.17) is 11.6 Å². The number of carbonyl (C=O) groups excluding carboxylic acids is 2. The number of benzene rings is 2. The van der Waals surface area contributed by atoms with E-state index < -0.39 is 15.9 Å². The molecule has 0 aromatic heterocycles. The molecular formula is C23H30ClN3O4S. The number of anilines is 1. The van der Waals surface area contributed by atoms with E-state index in [9.17, 15) is 18.0 Å². The average Bonchev–Trinajstić information content (AvgIpc) is 2.72. The average molecular weight is 480 g/mol. The van der Waals surface area contributed by atoms with Crippen LogP contribution in [-0.4, -0.2) is 45.3 Å². The van der Waals surface area contributed by atoms with Gasteiger partial charge in [0.25, 0.3) is 0 Å². The van der Waals surface area contributed by atoms with Gasteiger partial charge in [0.2, 0.25) is 21.8 Å². The number of para-hydroxylation sites is 1. The molecule has 2 rings (SSSR count). The number of amides is 2. The maximum Gasteiger partial charge on any atom is 0.244 e. The van der Waals surface area contributed by atoms with Crippen LogP contribution in [0.5, 0.6) is 0 Å². The Bertz CT molecular complexity index is 1120. The van der Waals surface area contributed by atoms with E-state index in [1.165, 1.54) is 11.9 Å². The van der Waals surface area contributed by atoms with Crippen LogP contribution in [0.2, 0.25) is 5.02 Å². The zero-order valence-corrected chi connectivity index (χ0v) is 20.9. The molecule has 0 atom stereocenters. The lowest BCUT2D eigenvalue weighted by atomic mass is 9.95. The van der Waals surface area contributed by atoms with Gasteiger partial charge in [-0.1, -0.05) is 23.7 Å². The number of hydrogen-bond acceptors (Lipinski definition) is 4. The van der Waals surface area contributed by atoms with E-state index in [0.29, 0.717) is 21.8 Å². The fourth-order valence-corrected chi connectivity index (χ4v) is 5.29. The first kappa shape index (κ1) is 25.8. The molecule has 0 bridgehead atoms. The maximum absolute atomic E-state index is 12.9. The van der Waals surface area contributed by atoms with Gasteiger partial charge in [0, 0.05) is 20.0 Å². The Labute approximate surface area is 195 Å². The maximum atomic E-state index is 12.9. The van der Waals surface area contributed by atoms with Crippen molar-refractivity contribution >= 4 is 39.1 Å². The normalized spacial score (nSPS) is 11.3. The predicted octanol–water partition coefficient (Wildman–Crippen LogP) is 3.65. The molecule has 2 aromatic carbocycles. The third kappa shape index (κ3) is 5.88. The number of halogens is 1. The zero-order chi connectivity index (χ0) is 24.2. The Balaban J connectivity index is 1.97. The van der Waals surface area contributed by atoms with Gasteiger partial charge < -0.3 is 10.2 Å². The second-order valence-electron chi connectivity index (χ2n) is 7.88. The summed E-state index contributed by atoms with van der Waals surface area (Å²) in [6, 6.07) is 6.80. The minimum absolute atomic E-state index is 0.0670.